The summed E-state index contributed by atoms with van der Waals surface area (Å²) in [5, 5.41) is 1.85. The number of ether oxygens (including phenoxy) is 1. The van der Waals surface area contributed by atoms with Gasteiger partial charge in [-0.15, -0.1) is 29.7 Å². The van der Waals surface area contributed by atoms with Gasteiger partial charge < -0.3 is 13.9 Å². The van der Waals surface area contributed by atoms with E-state index in [-0.39, 0.29) is 54.4 Å². The Kier molecular flexibility index (Phi) is 8.18. The molecule has 11 aromatic rings. The van der Waals surface area contributed by atoms with E-state index in [1.165, 1.54) is 0 Å². The predicted octanol–water partition coefficient (Wildman–Crippen LogP) is 14.5. The Balaban J connectivity index is 0.00000688. The molecule has 324 valence electrons. The van der Waals surface area contributed by atoms with E-state index in [1.807, 2.05) is 59.2 Å². The van der Waals surface area contributed by atoms with Gasteiger partial charge in [0.15, 0.2) is 0 Å². The van der Waals surface area contributed by atoms with Gasteiger partial charge in [0.2, 0.25) is 0 Å². The second kappa shape index (κ2) is 17.6. The van der Waals surface area contributed by atoms with Gasteiger partial charge in [-0.25, -0.2) is 4.98 Å². The number of hydrogen-bond acceptors (Lipinski definition) is 2. The molecule has 0 atom stereocenters. The largest absolute Gasteiger partial charge is 0.510 e. The number of benzene rings is 8. The maximum Gasteiger partial charge on any atom is 0.268 e. The van der Waals surface area contributed by atoms with Gasteiger partial charge in [0, 0.05) is 52.6 Å². The van der Waals surface area contributed by atoms with Crippen LogP contribution >= 0.6 is 0 Å². The standard InChI is InChI=1S/C60H46N4O.Pt/c1-5-41-35-58(61-39-53(41)44-23-13-8-14-24-44)64-54-34-31-45(60(2,3)4)36-52(54)51-33-32-48(38-57(51)64)65-47-26-17-25-46(37-47)62-40-63(56-30-16-15-29-55(56)62)59-49(42-19-9-6-10-20-42)27-18-28-50(59)43-21-11-7-12-22-43;/h6-36,39H,5H2,1-4H3;/q-2;/i5D2,6D,7D,9D,10D,11D,12D,19D,20D,21D,22D;. The maximum absolute atomic E-state index is 9.04. The first kappa shape index (κ1) is 30.7. The molecule has 0 saturated heterocycles. The summed E-state index contributed by atoms with van der Waals surface area (Å²) in [6.45, 7) is 8.03. The van der Waals surface area contributed by atoms with Crippen LogP contribution in [0.3, 0.4) is 0 Å². The summed E-state index contributed by atoms with van der Waals surface area (Å²) < 4.78 is 117. The van der Waals surface area contributed by atoms with Crippen LogP contribution in [-0.2, 0) is 32.9 Å². The van der Waals surface area contributed by atoms with Crippen LogP contribution in [0, 0.1) is 18.5 Å². The fraction of sp³-hybridized carbons (Fsp3) is 0.100. The molecule has 0 saturated carbocycles. The number of hydrogen-bond donors (Lipinski definition) is 0. The van der Waals surface area contributed by atoms with Gasteiger partial charge in [0.1, 0.15) is 5.82 Å². The Morgan fingerprint density at radius 3 is 2.05 bits per heavy atom. The first-order chi connectivity index (χ1) is 36.6. The minimum absolute atomic E-state index is 0. The summed E-state index contributed by atoms with van der Waals surface area (Å²) in [7, 11) is 0. The summed E-state index contributed by atoms with van der Waals surface area (Å²) in [5.74, 6) is 1.16. The van der Waals surface area contributed by atoms with Crippen LogP contribution in [0.4, 0.5) is 0 Å². The molecule has 0 bridgehead atoms. The van der Waals surface area contributed by atoms with Crippen molar-refractivity contribution in [3.8, 4) is 62.1 Å². The van der Waals surface area contributed by atoms with Crippen LogP contribution in [-0.4, -0.2) is 14.1 Å². The summed E-state index contributed by atoms with van der Waals surface area (Å²) in [6, 6.07) is 40.4. The molecule has 0 aliphatic carbocycles. The third kappa shape index (κ3) is 7.74. The van der Waals surface area contributed by atoms with Crippen molar-refractivity contribution in [1.82, 2.24) is 14.1 Å². The zero-order valence-electron chi connectivity index (χ0n) is 48.2. The van der Waals surface area contributed by atoms with Crippen molar-refractivity contribution in [2.75, 3.05) is 0 Å². The van der Waals surface area contributed by atoms with Gasteiger partial charge in [-0.2, -0.15) is 18.2 Å². The molecule has 0 aliphatic rings. The summed E-state index contributed by atoms with van der Waals surface area (Å²) in [5.41, 5.74) is 6.12. The Morgan fingerprint density at radius 2 is 1.33 bits per heavy atom. The molecule has 0 spiro atoms. The van der Waals surface area contributed by atoms with E-state index in [4.69, 9.17) is 26.2 Å². The fourth-order valence-electron chi connectivity index (χ4n) is 8.42. The number of para-hydroxylation sites is 3. The van der Waals surface area contributed by atoms with Gasteiger partial charge in [-0.1, -0.05) is 179 Å². The quantitative estimate of drug-likeness (QED) is 0.107. The Labute approximate surface area is 417 Å². The van der Waals surface area contributed by atoms with Crippen LogP contribution in [0.15, 0.2) is 194 Å². The van der Waals surface area contributed by atoms with Crippen molar-refractivity contribution in [2.24, 2.45) is 0 Å². The van der Waals surface area contributed by atoms with E-state index in [9.17, 15) is 0 Å². The molecule has 0 radical (unpaired) electrons. The second-order valence-corrected chi connectivity index (χ2v) is 16.6. The minimum Gasteiger partial charge on any atom is -0.510 e. The van der Waals surface area contributed by atoms with Crippen molar-refractivity contribution < 1.29 is 46.8 Å². The average Bonchev–Trinajstić information content (AvgIpc) is 4.09. The molecule has 6 heteroatoms. The van der Waals surface area contributed by atoms with Crippen LogP contribution in [0.25, 0.3) is 83.4 Å². The zero-order chi connectivity index (χ0) is 54.6. The minimum atomic E-state index is -1.72. The predicted molar refractivity (Wildman–Crippen MR) is 264 cm³/mol. The number of aromatic nitrogens is 4. The van der Waals surface area contributed by atoms with E-state index >= 15 is 0 Å². The van der Waals surface area contributed by atoms with E-state index in [0.29, 0.717) is 50.7 Å². The molecule has 0 fully saturated rings. The van der Waals surface area contributed by atoms with Crippen molar-refractivity contribution in [1.29, 1.82) is 0 Å². The Bertz CT molecular complexity index is 4100. The monoisotopic (exact) mass is 1050 g/mol. The molecular weight excluding hydrogens is 988 g/mol. The van der Waals surface area contributed by atoms with E-state index in [0.717, 1.165) is 27.4 Å². The van der Waals surface area contributed by atoms with E-state index in [1.54, 1.807) is 76.9 Å². The fourth-order valence-corrected chi connectivity index (χ4v) is 8.42. The van der Waals surface area contributed by atoms with Gasteiger partial charge in [0.05, 0.1) is 30.4 Å². The van der Waals surface area contributed by atoms with Crippen molar-refractivity contribution in [3.05, 3.63) is 224 Å². The second-order valence-electron chi connectivity index (χ2n) is 16.6. The van der Waals surface area contributed by atoms with Crippen LogP contribution in [0.1, 0.15) is 55.3 Å². The first-order valence-electron chi connectivity index (χ1n) is 27.1. The zero-order valence-corrected chi connectivity index (χ0v) is 38.5. The molecule has 3 heterocycles. The molecule has 0 N–H and O–H groups in total. The normalized spacial score (nSPS) is 14.4. The van der Waals surface area contributed by atoms with Gasteiger partial charge >= 0.3 is 0 Å². The molecule has 5 nitrogen and oxygen atoms in total. The molecule has 3 aromatic heterocycles. The molecule has 8 aromatic carbocycles. The van der Waals surface area contributed by atoms with E-state index < -0.39 is 66.8 Å². The van der Waals surface area contributed by atoms with Crippen molar-refractivity contribution >= 4 is 32.8 Å². The molecule has 0 aliphatic heterocycles. The number of aryl methyl sites for hydroxylation is 1. The van der Waals surface area contributed by atoms with Gasteiger partial charge in [0.25, 0.3) is 6.33 Å². The number of rotatable bonds is 9. The summed E-state index contributed by atoms with van der Waals surface area (Å²) >= 11 is 0. The number of imidazole rings is 1. The third-order valence-electron chi connectivity index (χ3n) is 11.6. The third-order valence-corrected chi connectivity index (χ3v) is 11.6. The topological polar surface area (TPSA) is 35.9 Å². The summed E-state index contributed by atoms with van der Waals surface area (Å²) in [6.07, 6.45) is 3.40. The smallest absolute Gasteiger partial charge is 0.268 e. The molecule has 66 heavy (non-hydrogen) atoms. The molecule has 11 rings (SSSR count). The average molecular weight is 1050 g/mol. The number of fused-ring (bicyclic) bond motifs is 4. The molecular formula is C60H46N4OPt-2. The van der Waals surface area contributed by atoms with Gasteiger partial charge in [-0.3, -0.25) is 4.57 Å². The van der Waals surface area contributed by atoms with Crippen LogP contribution < -0.4 is 9.30 Å². The SMILES string of the molecule is [2H]c1c([2H])c([2H])c(-c2cccc(-c3c([2H])c([2H])c([2H])c([2H])c3[2H])c2-[n+]2[c-]n(-c3[c-]c(Oc4[c-]c5c(cc4)c4cc(C(C)(C)C)ccc4n5-c4cc(C([2H])([2H])C)c(-c5ccccc5)cn4)ccc3)c3ccccc32)c([2H])c1[2H].[Pt]. The van der Waals surface area contributed by atoms with Crippen LogP contribution in [0.5, 0.6) is 11.5 Å². The first-order valence-corrected chi connectivity index (χ1v) is 21.1. The Hall–Kier alpha value is -7.33. The number of pyridine rings is 1. The Morgan fingerprint density at radius 1 is 0.652 bits per heavy atom. The van der Waals surface area contributed by atoms with E-state index in [2.05, 4.69) is 57.4 Å². The van der Waals surface area contributed by atoms with Crippen LogP contribution in [0.2, 0.25) is 0 Å². The summed E-state index contributed by atoms with van der Waals surface area (Å²) in [4.78, 5) is 4.97. The van der Waals surface area contributed by atoms with Crippen molar-refractivity contribution in [2.45, 2.75) is 39.5 Å². The van der Waals surface area contributed by atoms with Gasteiger partial charge in [-0.05, 0) is 73.9 Å². The maximum atomic E-state index is 9.04. The molecule has 0 unspecified atom stereocenters. The number of nitrogens with zero attached hydrogens (tertiary/aromatic N) is 4. The van der Waals surface area contributed by atoms with Crippen molar-refractivity contribution in [3.63, 3.8) is 0 Å². The molecule has 0 amide bonds.